The molecule has 0 saturated heterocycles. The van der Waals surface area contributed by atoms with Gasteiger partial charge in [-0.15, -0.1) is 0 Å². The van der Waals surface area contributed by atoms with E-state index in [4.69, 9.17) is 0 Å². The van der Waals surface area contributed by atoms with Crippen molar-refractivity contribution in [3.05, 3.63) is 71.6 Å². The molecule has 78 valence electrons. The van der Waals surface area contributed by atoms with Crippen molar-refractivity contribution < 1.29 is 0 Å². The molecule has 1 aromatic carbocycles. The second-order valence-electron chi connectivity index (χ2n) is 4.70. The van der Waals surface area contributed by atoms with Gasteiger partial charge in [0.2, 0.25) is 0 Å². The van der Waals surface area contributed by atoms with E-state index in [1.807, 2.05) is 0 Å². The smallest absolute Gasteiger partial charge is 0.0480 e. The molecular weight excluding hydrogens is 194 g/mol. The average Bonchev–Trinajstić information content (AvgIpc) is 2.85. The summed E-state index contributed by atoms with van der Waals surface area (Å²) in [6.07, 6.45) is 12.3. The Bertz CT molecular complexity index is 536. The number of benzene rings is 1. The third kappa shape index (κ3) is 0.955. The summed E-state index contributed by atoms with van der Waals surface area (Å²) in [5, 5.41) is 0. The number of rotatable bonds is 0. The van der Waals surface area contributed by atoms with Crippen LogP contribution in [0, 0.1) is 0 Å². The molecule has 3 aliphatic rings. The number of fused-ring (bicyclic) bond motifs is 5. The lowest BCUT2D eigenvalue weighted by atomic mass is 10.0. The molecule has 0 radical (unpaired) electrons. The molecule has 16 heavy (non-hydrogen) atoms. The van der Waals surface area contributed by atoms with Gasteiger partial charge in [-0.05, 0) is 29.7 Å². The molecule has 4 rings (SSSR count). The number of nitrogens with zero attached hydrogens (tertiary/aromatic N) is 1. The molecule has 0 aromatic heterocycles. The van der Waals surface area contributed by atoms with Crippen LogP contribution in [0.2, 0.25) is 0 Å². The van der Waals surface area contributed by atoms with Crippen molar-refractivity contribution in [3.63, 3.8) is 0 Å². The fourth-order valence-corrected chi connectivity index (χ4v) is 3.17. The molecule has 1 heteroatoms. The van der Waals surface area contributed by atoms with Gasteiger partial charge in [0.05, 0.1) is 0 Å². The van der Waals surface area contributed by atoms with Gasteiger partial charge in [0, 0.05) is 23.9 Å². The zero-order valence-electron chi connectivity index (χ0n) is 9.01. The fourth-order valence-electron chi connectivity index (χ4n) is 3.17. The minimum atomic E-state index is 0.596. The highest BCUT2D eigenvalue weighted by atomic mass is 15.2. The Balaban J connectivity index is 1.85. The molecule has 2 heterocycles. The lowest BCUT2D eigenvalue weighted by molar-refractivity contribution is 0.369. The molecule has 2 aliphatic heterocycles. The first-order valence-electron chi connectivity index (χ1n) is 5.86. The molecule has 0 saturated carbocycles. The molecule has 0 amide bonds. The molecule has 0 fully saturated rings. The normalized spacial score (nSPS) is 28.8. The van der Waals surface area contributed by atoms with Crippen molar-refractivity contribution in [2.75, 3.05) is 0 Å². The Morgan fingerprint density at radius 3 is 3.06 bits per heavy atom. The van der Waals surface area contributed by atoms with Crippen LogP contribution >= 0.6 is 0 Å². The summed E-state index contributed by atoms with van der Waals surface area (Å²) in [5.74, 6) is 0.596. The van der Waals surface area contributed by atoms with Crippen molar-refractivity contribution in [3.8, 4) is 0 Å². The largest absolute Gasteiger partial charge is 0.344 e. The van der Waals surface area contributed by atoms with Crippen LogP contribution in [-0.2, 0) is 6.42 Å². The summed E-state index contributed by atoms with van der Waals surface area (Å²) in [7, 11) is 0. The SMILES string of the molecule is C1=CC2=CC3c4ccccc4CC3N2C=C1. The Hall–Kier alpha value is -1.76. The average molecular weight is 207 g/mol. The molecular formula is C15H13N. The molecule has 0 spiro atoms. The highest BCUT2D eigenvalue weighted by molar-refractivity contribution is 5.48. The quantitative estimate of drug-likeness (QED) is 0.632. The van der Waals surface area contributed by atoms with Crippen LogP contribution in [0.15, 0.2) is 60.5 Å². The molecule has 1 nitrogen and oxygen atoms in total. The minimum absolute atomic E-state index is 0.596. The Morgan fingerprint density at radius 2 is 2.06 bits per heavy atom. The Morgan fingerprint density at radius 1 is 1.12 bits per heavy atom. The van der Waals surface area contributed by atoms with Crippen LogP contribution in [-0.4, -0.2) is 10.9 Å². The monoisotopic (exact) mass is 207 g/mol. The number of hydrogen-bond donors (Lipinski definition) is 0. The van der Waals surface area contributed by atoms with Gasteiger partial charge in [0.1, 0.15) is 0 Å². The molecule has 0 N–H and O–H groups in total. The summed E-state index contributed by atoms with van der Waals surface area (Å²) < 4.78 is 0. The maximum Gasteiger partial charge on any atom is 0.0480 e. The van der Waals surface area contributed by atoms with E-state index in [-0.39, 0.29) is 0 Å². The predicted molar refractivity (Wildman–Crippen MR) is 64.9 cm³/mol. The lowest BCUT2D eigenvalue weighted by Crippen LogP contribution is -2.27. The predicted octanol–water partition coefficient (Wildman–Crippen LogP) is 2.98. The van der Waals surface area contributed by atoms with Crippen molar-refractivity contribution in [2.24, 2.45) is 0 Å². The topological polar surface area (TPSA) is 3.24 Å². The van der Waals surface area contributed by atoms with Gasteiger partial charge < -0.3 is 4.90 Å². The van der Waals surface area contributed by atoms with Crippen LogP contribution in [0.3, 0.4) is 0 Å². The van der Waals surface area contributed by atoms with E-state index in [9.17, 15) is 0 Å². The van der Waals surface area contributed by atoms with Gasteiger partial charge >= 0.3 is 0 Å². The molecule has 1 aliphatic carbocycles. The second-order valence-corrected chi connectivity index (χ2v) is 4.70. The van der Waals surface area contributed by atoms with Gasteiger partial charge in [-0.3, -0.25) is 0 Å². The third-order valence-corrected chi connectivity index (χ3v) is 3.89. The molecule has 2 atom stereocenters. The summed E-state index contributed by atoms with van der Waals surface area (Å²) in [6.45, 7) is 0. The minimum Gasteiger partial charge on any atom is -0.344 e. The molecule has 1 aromatic rings. The van der Waals surface area contributed by atoms with Crippen molar-refractivity contribution >= 4 is 0 Å². The van der Waals surface area contributed by atoms with E-state index < -0.39 is 0 Å². The summed E-state index contributed by atoms with van der Waals surface area (Å²) in [4.78, 5) is 2.42. The highest BCUT2D eigenvalue weighted by Gasteiger charge is 2.39. The van der Waals surface area contributed by atoms with Gasteiger partial charge in [-0.25, -0.2) is 0 Å². The van der Waals surface area contributed by atoms with E-state index in [1.165, 1.54) is 23.2 Å². The van der Waals surface area contributed by atoms with Crippen molar-refractivity contribution in [1.82, 2.24) is 4.90 Å². The first-order valence-corrected chi connectivity index (χ1v) is 5.86. The Labute approximate surface area is 95.4 Å². The Kier molecular flexibility index (Phi) is 1.51. The third-order valence-electron chi connectivity index (χ3n) is 3.89. The van der Waals surface area contributed by atoms with Crippen LogP contribution in [0.4, 0.5) is 0 Å². The van der Waals surface area contributed by atoms with Crippen LogP contribution in [0.1, 0.15) is 17.0 Å². The van der Waals surface area contributed by atoms with Crippen molar-refractivity contribution in [1.29, 1.82) is 0 Å². The van der Waals surface area contributed by atoms with Crippen LogP contribution in [0.5, 0.6) is 0 Å². The van der Waals surface area contributed by atoms with E-state index in [0.29, 0.717) is 12.0 Å². The summed E-state index contributed by atoms with van der Waals surface area (Å²) in [6, 6.07) is 9.47. The van der Waals surface area contributed by atoms with Gasteiger partial charge in [0.25, 0.3) is 0 Å². The second kappa shape index (κ2) is 2.88. The van der Waals surface area contributed by atoms with E-state index in [0.717, 1.165) is 0 Å². The van der Waals surface area contributed by atoms with Crippen LogP contribution in [0.25, 0.3) is 0 Å². The lowest BCUT2D eigenvalue weighted by Gasteiger charge is -2.25. The molecule has 2 unspecified atom stereocenters. The van der Waals surface area contributed by atoms with E-state index in [2.05, 4.69) is 59.7 Å². The van der Waals surface area contributed by atoms with Gasteiger partial charge in [-0.1, -0.05) is 36.4 Å². The number of allylic oxidation sites excluding steroid dienone is 3. The standard InChI is InChI=1S/C15H13N/c1-2-7-13-11(5-1)9-15-14(13)10-12-6-3-4-8-16(12)15/h1-8,10,14-15H,9H2. The van der Waals surface area contributed by atoms with E-state index in [1.54, 1.807) is 0 Å². The maximum atomic E-state index is 2.42. The van der Waals surface area contributed by atoms with Gasteiger partial charge in [0.15, 0.2) is 0 Å². The van der Waals surface area contributed by atoms with Gasteiger partial charge in [-0.2, -0.15) is 0 Å². The molecule has 0 bridgehead atoms. The highest BCUT2D eigenvalue weighted by Crippen LogP contribution is 2.44. The fraction of sp³-hybridized carbons (Fsp3) is 0.200. The zero-order chi connectivity index (χ0) is 10.5. The van der Waals surface area contributed by atoms with Crippen molar-refractivity contribution in [2.45, 2.75) is 18.4 Å². The first kappa shape index (κ1) is 8.40. The number of hydrogen-bond acceptors (Lipinski definition) is 1. The summed E-state index contributed by atoms with van der Waals surface area (Å²) in [5.41, 5.74) is 4.42. The first-order chi connectivity index (χ1) is 7.93. The van der Waals surface area contributed by atoms with Crippen LogP contribution < -0.4 is 0 Å². The zero-order valence-corrected chi connectivity index (χ0v) is 9.01. The van der Waals surface area contributed by atoms with E-state index >= 15 is 0 Å². The summed E-state index contributed by atoms with van der Waals surface area (Å²) >= 11 is 0. The maximum absolute atomic E-state index is 2.42.